The second-order valence-corrected chi connectivity index (χ2v) is 8.01. The number of rotatable bonds is 5. The van der Waals surface area contributed by atoms with Gasteiger partial charge in [-0.3, -0.25) is 0 Å². The number of carbonyl (C=O) groups is 1. The van der Waals surface area contributed by atoms with E-state index in [0.717, 1.165) is 31.9 Å². The Hall–Kier alpha value is -1.56. The second-order valence-electron chi connectivity index (χ2n) is 5.99. The predicted octanol–water partition coefficient (Wildman–Crippen LogP) is 3.13. The van der Waals surface area contributed by atoms with E-state index in [-0.39, 0.29) is 17.6 Å². The molecule has 5 nitrogen and oxygen atoms in total. The molecule has 1 aliphatic rings. The highest BCUT2D eigenvalue weighted by Gasteiger charge is 2.16. The molecule has 0 N–H and O–H groups in total. The number of benzene rings is 1. The molecular formula is C17H24O5S. The SMILES string of the molecule is CS(=O)(=O)c1cccc(OCC(=O)OC2CCCCCCC2)c1. The Morgan fingerprint density at radius 1 is 1.13 bits per heavy atom. The Morgan fingerprint density at radius 3 is 2.43 bits per heavy atom. The van der Waals surface area contributed by atoms with Crippen LogP contribution in [0.1, 0.15) is 44.9 Å². The van der Waals surface area contributed by atoms with Crippen LogP contribution in [0.4, 0.5) is 0 Å². The lowest BCUT2D eigenvalue weighted by Gasteiger charge is -2.20. The van der Waals surface area contributed by atoms with Crippen molar-refractivity contribution in [1.82, 2.24) is 0 Å². The van der Waals surface area contributed by atoms with Gasteiger partial charge < -0.3 is 9.47 Å². The fraction of sp³-hybridized carbons (Fsp3) is 0.588. The average Bonchev–Trinajstić information content (AvgIpc) is 2.47. The first kappa shape index (κ1) is 17.8. The summed E-state index contributed by atoms with van der Waals surface area (Å²) in [6, 6.07) is 6.12. The maximum Gasteiger partial charge on any atom is 0.344 e. The van der Waals surface area contributed by atoms with Crippen LogP contribution in [-0.4, -0.2) is 33.4 Å². The molecule has 1 fully saturated rings. The van der Waals surface area contributed by atoms with E-state index in [4.69, 9.17) is 9.47 Å². The molecule has 1 aromatic rings. The second kappa shape index (κ2) is 8.34. The number of hydrogen-bond donors (Lipinski definition) is 0. The maximum absolute atomic E-state index is 11.9. The van der Waals surface area contributed by atoms with Crippen molar-refractivity contribution in [3.8, 4) is 5.75 Å². The average molecular weight is 340 g/mol. The van der Waals surface area contributed by atoms with Crippen LogP contribution < -0.4 is 4.74 Å². The van der Waals surface area contributed by atoms with Crippen LogP contribution in [0.25, 0.3) is 0 Å². The Bertz CT molecular complexity index is 616. The first-order valence-electron chi connectivity index (χ1n) is 8.07. The lowest BCUT2D eigenvalue weighted by Crippen LogP contribution is -2.23. The predicted molar refractivity (Wildman–Crippen MR) is 87.2 cm³/mol. The molecule has 1 saturated carbocycles. The lowest BCUT2D eigenvalue weighted by molar-refractivity contribution is -0.152. The smallest absolute Gasteiger partial charge is 0.344 e. The molecule has 0 saturated heterocycles. The topological polar surface area (TPSA) is 69.7 Å². The molecule has 23 heavy (non-hydrogen) atoms. The summed E-state index contributed by atoms with van der Waals surface area (Å²) in [5, 5.41) is 0. The van der Waals surface area contributed by atoms with E-state index in [9.17, 15) is 13.2 Å². The zero-order valence-corrected chi connectivity index (χ0v) is 14.3. The van der Waals surface area contributed by atoms with Gasteiger partial charge in [0, 0.05) is 6.26 Å². The van der Waals surface area contributed by atoms with Gasteiger partial charge >= 0.3 is 5.97 Å². The molecule has 6 heteroatoms. The molecule has 0 bridgehead atoms. The molecule has 128 valence electrons. The quantitative estimate of drug-likeness (QED) is 0.770. The van der Waals surface area contributed by atoms with Crippen LogP contribution in [0, 0.1) is 0 Å². The van der Waals surface area contributed by atoms with Gasteiger partial charge in [0.1, 0.15) is 11.9 Å². The molecule has 0 heterocycles. The largest absolute Gasteiger partial charge is 0.482 e. The van der Waals surface area contributed by atoms with Crippen LogP contribution in [0.2, 0.25) is 0 Å². The van der Waals surface area contributed by atoms with Gasteiger partial charge in [-0.2, -0.15) is 0 Å². The van der Waals surface area contributed by atoms with Gasteiger partial charge in [0.25, 0.3) is 0 Å². The standard InChI is InChI=1S/C17H24O5S/c1-23(19,20)16-11-7-10-15(12-16)21-13-17(18)22-14-8-5-3-2-4-6-9-14/h7,10-12,14H,2-6,8-9,13H2,1H3. The summed E-state index contributed by atoms with van der Waals surface area (Å²) in [6.45, 7) is -0.205. The minimum absolute atomic E-state index is 0.0197. The highest BCUT2D eigenvalue weighted by molar-refractivity contribution is 7.90. The van der Waals surface area contributed by atoms with Crippen molar-refractivity contribution < 1.29 is 22.7 Å². The van der Waals surface area contributed by atoms with Crippen molar-refractivity contribution >= 4 is 15.8 Å². The van der Waals surface area contributed by atoms with Gasteiger partial charge in [0.05, 0.1) is 4.90 Å². The fourth-order valence-corrected chi connectivity index (χ4v) is 3.35. The maximum atomic E-state index is 11.9. The molecule has 0 spiro atoms. The molecule has 0 unspecified atom stereocenters. The molecule has 0 radical (unpaired) electrons. The molecule has 0 aromatic heterocycles. The summed E-state index contributed by atoms with van der Waals surface area (Å²) in [6.07, 6.45) is 8.78. The summed E-state index contributed by atoms with van der Waals surface area (Å²) in [4.78, 5) is 12.1. The Morgan fingerprint density at radius 2 is 1.78 bits per heavy atom. The van der Waals surface area contributed by atoms with E-state index in [1.165, 1.54) is 31.4 Å². The number of hydrogen-bond acceptors (Lipinski definition) is 5. The van der Waals surface area contributed by atoms with E-state index < -0.39 is 15.8 Å². The van der Waals surface area contributed by atoms with Gasteiger partial charge in [-0.05, 0) is 43.9 Å². The van der Waals surface area contributed by atoms with Crippen molar-refractivity contribution in [2.75, 3.05) is 12.9 Å². The van der Waals surface area contributed by atoms with Gasteiger partial charge in [0.2, 0.25) is 0 Å². The van der Waals surface area contributed by atoms with Gasteiger partial charge in [-0.25, -0.2) is 13.2 Å². The fourth-order valence-electron chi connectivity index (χ4n) is 2.69. The van der Waals surface area contributed by atoms with Crippen molar-refractivity contribution in [2.24, 2.45) is 0 Å². The van der Waals surface area contributed by atoms with Crippen molar-refractivity contribution in [2.45, 2.75) is 55.9 Å². The van der Waals surface area contributed by atoms with Gasteiger partial charge in [-0.1, -0.05) is 25.3 Å². The van der Waals surface area contributed by atoms with Crippen LogP contribution >= 0.6 is 0 Å². The van der Waals surface area contributed by atoms with Crippen LogP contribution in [-0.2, 0) is 19.4 Å². The third-order valence-corrected chi connectivity index (χ3v) is 5.05. The van der Waals surface area contributed by atoms with Crippen molar-refractivity contribution in [1.29, 1.82) is 0 Å². The molecule has 0 atom stereocenters. The minimum atomic E-state index is -3.29. The summed E-state index contributed by atoms with van der Waals surface area (Å²) >= 11 is 0. The monoisotopic (exact) mass is 340 g/mol. The van der Waals surface area contributed by atoms with Crippen molar-refractivity contribution in [3.05, 3.63) is 24.3 Å². The lowest BCUT2D eigenvalue weighted by atomic mass is 9.99. The Kier molecular flexibility index (Phi) is 6.45. The van der Waals surface area contributed by atoms with E-state index in [1.54, 1.807) is 12.1 Å². The minimum Gasteiger partial charge on any atom is -0.482 e. The van der Waals surface area contributed by atoms with Crippen molar-refractivity contribution in [3.63, 3.8) is 0 Å². The van der Waals surface area contributed by atoms with Gasteiger partial charge in [-0.15, -0.1) is 0 Å². The van der Waals surface area contributed by atoms with Crippen LogP contribution in [0.5, 0.6) is 5.75 Å². The number of carbonyl (C=O) groups excluding carboxylic acids is 1. The van der Waals surface area contributed by atoms with Gasteiger partial charge in [0.15, 0.2) is 16.4 Å². The van der Waals surface area contributed by atoms with Crippen LogP contribution in [0.3, 0.4) is 0 Å². The van der Waals surface area contributed by atoms with Crippen LogP contribution in [0.15, 0.2) is 29.2 Å². The molecular weight excluding hydrogens is 316 g/mol. The summed E-state index contributed by atoms with van der Waals surface area (Å²) in [5.41, 5.74) is 0. The Labute approximate surface area is 137 Å². The molecule has 1 aliphatic carbocycles. The number of ether oxygens (including phenoxy) is 2. The molecule has 0 amide bonds. The zero-order chi connectivity index (χ0) is 16.7. The zero-order valence-electron chi connectivity index (χ0n) is 13.5. The number of sulfone groups is 1. The van der Waals surface area contributed by atoms with E-state index in [1.807, 2.05) is 0 Å². The normalized spacial score (nSPS) is 17.1. The number of esters is 1. The highest BCUT2D eigenvalue weighted by Crippen LogP contribution is 2.20. The van der Waals surface area contributed by atoms with E-state index in [0.29, 0.717) is 5.75 Å². The van der Waals surface area contributed by atoms with E-state index in [2.05, 4.69) is 0 Å². The Balaban J connectivity index is 1.84. The first-order valence-corrected chi connectivity index (χ1v) is 9.97. The molecule has 0 aliphatic heterocycles. The summed E-state index contributed by atoms with van der Waals surface area (Å²) in [7, 11) is -3.29. The summed E-state index contributed by atoms with van der Waals surface area (Å²) in [5.74, 6) is -0.0529. The molecule has 1 aromatic carbocycles. The first-order chi connectivity index (χ1) is 10.9. The molecule has 2 rings (SSSR count). The van der Waals surface area contributed by atoms with E-state index >= 15 is 0 Å². The third-order valence-electron chi connectivity index (χ3n) is 3.94. The summed E-state index contributed by atoms with van der Waals surface area (Å²) < 4.78 is 33.8. The third kappa shape index (κ3) is 6.22. The highest BCUT2D eigenvalue weighted by atomic mass is 32.2.